The SMILES string of the molecule is CC(N)(CO)CCN1CCn2c(nnc2C(F)(F)F)C1. The smallest absolute Gasteiger partial charge is 0.394 e. The van der Waals surface area contributed by atoms with Crippen molar-refractivity contribution < 1.29 is 18.3 Å². The van der Waals surface area contributed by atoms with E-state index >= 15 is 0 Å². The van der Waals surface area contributed by atoms with Crippen LogP contribution < -0.4 is 5.73 Å². The van der Waals surface area contributed by atoms with Crippen LogP contribution in [0, 0.1) is 0 Å². The third-order valence-electron chi connectivity index (χ3n) is 3.45. The first-order valence-corrected chi connectivity index (χ1v) is 6.34. The van der Waals surface area contributed by atoms with Crippen LogP contribution in [-0.4, -0.2) is 50.0 Å². The van der Waals surface area contributed by atoms with Gasteiger partial charge < -0.3 is 15.4 Å². The summed E-state index contributed by atoms with van der Waals surface area (Å²) in [6.07, 6.45) is -3.91. The van der Waals surface area contributed by atoms with Crippen molar-refractivity contribution >= 4 is 0 Å². The molecule has 6 nitrogen and oxygen atoms in total. The van der Waals surface area contributed by atoms with Crippen molar-refractivity contribution in [3.8, 4) is 0 Å². The highest BCUT2D eigenvalue weighted by Crippen LogP contribution is 2.29. The number of alkyl halides is 3. The van der Waals surface area contributed by atoms with Gasteiger partial charge in [0.25, 0.3) is 0 Å². The Morgan fingerprint density at radius 3 is 2.60 bits per heavy atom. The van der Waals surface area contributed by atoms with Crippen molar-refractivity contribution in [3.63, 3.8) is 0 Å². The first-order valence-electron chi connectivity index (χ1n) is 6.34. The van der Waals surface area contributed by atoms with Crippen LogP contribution in [0.1, 0.15) is 25.0 Å². The van der Waals surface area contributed by atoms with E-state index in [0.717, 1.165) is 4.57 Å². The maximum atomic E-state index is 12.7. The zero-order chi connectivity index (χ0) is 15.0. The Morgan fingerprint density at radius 1 is 1.30 bits per heavy atom. The van der Waals surface area contributed by atoms with Crippen LogP contribution in [0.25, 0.3) is 0 Å². The molecule has 0 aliphatic carbocycles. The van der Waals surface area contributed by atoms with Gasteiger partial charge in [-0.05, 0) is 13.3 Å². The molecule has 0 aromatic carbocycles. The Balaban J connectivity index is 2.01. The third-order valence-corrected chi connectivity index (χ3v) is 3.45. The van der Waals surface area contributed by atoms with Crippen LogP contribution in [0.5, 0.6) is 0 Å². The highest BCUT2D eigenvalue weighted by Gasteiger charge is 2.39. The first-order chi connectivity index (χ1) is 9.23. The van der Waals surface area contributed by atoms with Gasteiger partial charge in [0.15, 0.2) is 0 Å². The van der Waals surface area contributed by atoms with Gasteiger partial charge in [-0.25, -0.2) is 0 Å². The monoisotopic (exact) mass is 293 g/mol. The van der Waals surface area contributed by atoms with E-state index in [1.54, 1.807) is 6.92 Å². The van der Waals surface area contributed by atoms with Crippen molar-refractivity contribution in [1.29, 1.82) is 0 Å². The summed E-state index contributed by atoms with van der Waals surface area (Å²) < 4.78 is 39.1. The van der Waals surface area contributed by atoms with E-state index in [-0.39, 0.29) is 13.2 Å². The summed E-state index contributed by atoms with van der Waals surface area (Å²) in [5.74, 6) is -0.627. The fourth-order valence-corrected chi connectivity index (χ4v) is 2.10. The molecule has 0 spiro atoms. The molecular formula is C11H18F3N5O. The van der Waals surface area contributed by atoms with Crippen LogP contribution in [0.15, 0.2) is 0 Å². The average Bonchev–Trinajstić information content (AvgIpc) is 2.79. The Hall–Kier alpha value is -1.19. The molecule has 0 saturated heterocycles. The number of hydrogen-bond acceptors (Lipinski definition) is 5. The molecule has 1 aromatic rings. The quantitative estimate of drug-likeness (QED) is 0.829. The molecule has 1 aromatic heterocycles. The number of fused-ring (bicyclic) bond motifs is 1. The van der Waals surface area contributed by atoms with E-state index in [9.17, 15) is 13.2 Å². The van der Waals surface area contributed by atoms with E-state index in [1.807, 2.05) is 4.90 Å². The Kier molecular flexibility index (Phi) is 4.03. The van der Waals surface area contributed by atoms with Gasteiger partial charge in [-0.3, -0.25) is 4.90 Å². The summed E-state index contributed by atoms with van der Waals surface area (Å²) >= 11 is 0. The lowest BCUT2D eigenvalue weighted by atomic mass is 10.0. The van der Waals surface area contributed by atoms with Crippen molar-refractivity contribution in [3.05, 3.63) is 11.6 Å². The normalized spacial score (nSPS) is 19.7. The third kappa shape index (κ3) is 3.28. The number of aromatic nitrogens is 3. The minimum atomic E-state index is -4.47. The summed E-state index contributed by atoms with van der Waals surface area (Å²) in [7, 11) is 0. The summed E-state index contributed by atoms with van der Waals surface area (Å²) in [5, 5.41) is 15.9. The Morgan fingerprint density at radius 2 is 2.00 bits per heavy atom. The minimum Gasteiger partial charge on any atom is -0.394 e. The zero-order valence-corrected chi connectivity index (χ0v) is 11.2. The van der Waals surface area contributed by atoms with Crippen molar-refractivity contribution in [2.45, 2.75) is 38.1 Å². The Bertz CT molecular complexity index is 471. The van der Waals surface area contributed by atoms with Gasteiger partial charge in [0.1, 0.15) is 5.82 Å². The number of aliphatic hydroxyl groups is 1. The fourth-order valence-electron chi connectivity index (χ4n) is 2.10. The summed E-state index contributed by atoms with van der Waals surface area (Å²) in [4.78, 5) is 1.96. The number of nitrogens with zero attached hydrogens (tertiary/aromatic N) is 4. The van der Waals surface area contributed by atoms with Gasteiger partial charge in [-0.1, -0.05) is 0 Å². The molecule has 1 aliphatic rings. The van der Waals surface area contributed by atoms with Crippen LogP contribution >= 0.6 is 0 Å². The second-order valence-electron chi connectivity index (χ2n) is 5.43. The molecular weight excluding hydrogens is 275 g/mol. The van der Waals surface area contributed by atoms with Gasteiger partial charge in [-0.2, -0.15) is 13.2 Å². The maximum Gasteiger partial charge on any atom is 0.451 e. The lowest BCUT2D eigenvalue weighted by Gasteiger charge is -2.31. The van der Waals surface area contributed by atoms with Crippen LogP contribution in [-0.2, 0) is 19.3 Å². The van der Waals surface area contributed by atoms with E-state index < -0.39 is 17.5 Å². The number of hydrogen-bond donors (Lipinski definition) is 2. The summed E-state index contributed by atoms with van der Waals surface area (Å²) in [5.41, 5.74) is 5.15. The van der Waals surface area contributed by atoms with Gasteiger partial charge >= 0.3 is 6.18 Å². The van der Waals surface area contributed by atoms with Crippen LogP contribution in [0.4, 0.5) is 13.2 Å². The summed E-state index contributed by atoms with van der Waals surface area (Å²) in [6.45, 7) is 3.20. The van der Waals surface area contributed by atoms with Crippen molar-refractivity contribution in [2.24, 2.45) is 5.73 Å². The van der Waals surface area contributed by atoms with Gasteiger partial charge in [0, 0.05) is 25.2 Å². The molecule has 1 aliphatic heterocycles. The molecule has 0 amide bonds. The van der Waals surface area contributed by atoms with E-state index in [2.05, 4.69) is 10.2 Å². The minimum absolute atomic E-state index is 0.130. The molecule has 2 heterocycles. The second-order valence-corrected chi connectivity index (χ2v) is 5.43. The molecule has 0 fully saturated rings. The molecule has 0 saturated carbocycles. The van der Waals surface area contributed by atoms with E-state index in [4.69, 9.17) is 10.8 Å². The average molecular weight is 293 g/mol. The highest BCUT2D eigenvalue weighted by atomic mass is 19.4. The summed E-state index contributed by atoms with van der Waals surface area (Å²) in [6, 6.07) is 0. The first kappa shape index (κ1) is 15.2. The van der Waals surface area contributed by atoms with E-state index in [0.29, 0.717) is 31.9 Å². The molecule has 1 unspecified atom stereocenters. The molecule has 20 heavy (non-hydrogen) atoms. The molecule has 3 N–H and O–H groups in total. The maximum absolute atomic E-state index is 12.7. The molecule has 2 rings (SSSR count). The van der Waals surface area contributed by atoms with Crippen molar-refractivity contribution in [1.82, 2.24) is 19.7 Å². The van der Waals surface area contributed by atoms with Gasteiger partial charge in [-0.15, -0.1) is 10.2 Å². The largest absolute Gasteiger partial charge is 0.451 e. The van der Waals surface area contributed by atoms with Crippen LogP contribution in [0.3, 0.4) is 0 Å². The van der Waals surface area contributed by atoms with Gasteiger partial charge in [0.05, 0.1) is 13.2 Å². The molecule has 114 valence electrons. The van der Waals surface area contributed by atoms with Gasteiger partial charge in [0.2, 0.25) is 5.82 Å². The number of rotatable bonds is 4. The lowest BCUT2D eigenvalue weighted by molar-refractivity contribution is -0.148. The number of nitrogens with two attached hydrogens (primary N) is 1. The number of aliphatic hydroxyl groups excluding tert-OH is 1. The fraction of sp³-hybridized carbons (Fsp3) is 0.818. The standard InChI is InChI=1S/C11H18F3N5O/c1-10(15,7-20)2-3-18-4-5-19-8(6-18)16-17-9(19)11(12,13)14/h20H,2-7,15H2,1H3. The molecule has 0 radical (unpaired) electrons. The lowest BCUT2D eigenvalue weighted by Crippen LogP contribution is -2.45. The Labute approximate surface area is 114 Å². The topological polar surface area (TPSA) is 80.2 Å². The predicted molar refractivity (Wildman–Crippen MR) is 64.6 cm³/mol. The molecule has 0 bridgehead atoms. The van der Waals surface area contributed by atoms with Crippen molar-refractivity contribution in [2.75, 3.05) is 19.7 Å². The van der Waals surface area contributed by atoms with Crippen LogP contribution in [0.2, 0.25) is 0 Å². The van der Waals surface area contributed by atoms with E-state index in [1.165, 1.54) is 0 Å². The highest BCUT2D eigenvalue weighted by molar-refractivity contribution is 5.02. The number of halogens is 3. The molecule has 1 atom stereocenters. The zero-order valence-electron chi connectivity index (χ0n) is 11.2. The molecule has 9 heteroatoms. The predicted octanol–water partition coefficient (Wildman–Crippen LogP) is 0.212. The second kappa shape index (κ2) is 5.30.